The minimum absolute atomic E-state index is 0.00912. The van der Waals surface area contributed by atoms with Gasteiger partial charge in [0.2, 0.25) is 0 Å². The van der Waals surface area contributed by atoms with Crippen LogP contribution in [0.3, 0.4) is 0 Å². The van der Waals surface area contributed by atoms with Crippen LogP contribution in [0.15, 0.2) is 12.1 Å². The Kier molecular flexibility index (Phi) is 4.94. The summed E-state index contributed by atoms with van der Waals surface area (Å²) < 4.78 is 28.0. The molecule has 0 bridgehead atoms. The van der Waals surface area contributed by atoms with Gasteiger partial charge in [-0.3, -0.25) is 4.90 Å². The molecule has 1 aliphatic heterocycles. The van der Waals surface area contributed by atoms with Crippen molar-refractivity contribution in [1.82, 2.24) is 4.90 Å². The van der Waals surface area contributed by atoms with E-state index in [2.05, 4.69) is 11.8 Å². The summed E-state index contributed by atoms with van der Waals surface area (Å²) in [5.74, 6) is -1.23. The summed E-state index contributed by atoms with van der Waals surface area (Å²) in [7, 11) is 1.71. The highest BCUT2D eigenvalue weighted by Crippen LogP contribution is 2.26. The molecular weight excluding hydrogens is 262 g/mol. The lowest BCUT2D eigenvalue weighted by molar-refractivity contribution is 0.270. The molecule has 1 saturated heterocycles. The molecule has 1 atom stereocenters. The van der Waals surface area contributed by atoms with Crippen LogP contribution in [0.1, 0.15) is 25.3 Å². The zero-order valence-corrected chi connectivity index (χ0v) is 12.1. The van der Waals surface area contributed by atoms with Crippen LogP contribution in [-0.4, -0.2) is 42.7 Å². The van der Waals surface area contributed by atoms with Crippen LogP contribution < -0.4 is 4.90 Å². The number of likely N-dealkylation sites (N-methyl/N-ethyl adjacent to an activating group) is 2. The topological polar surface area (TPSA) is 26.7 Å². The summed E-state index contributed by atoms with van der Waals surface area (Å²) in [6.45, 7) is 4.39. The quantitative estimate of drug-likeness (QED) is 0.899. The van der Waals surface area contributed by atoms with Crippen molar-refractivity contribution < 1.29 is 13.9 Å². The van der Waals surface area contributed by atoms with E-state index in [4.69, 9.17) is 5.11 Å². The zero-order chi connectivity index (χ0) is 14.7. The molecule has 0 radical (unpaired) electrons. The summed E-state index contributed by atoms with van der Waals surface area (Å²) in [4.78, 5) is 3.98. The predicted octanol–water partition coefficient (Wildman–Crippen LogP) is 2.38. The van der Waals surface area contributed by atoms with Gasteiger partial charge in [0, 0.05) is 19.6 Å². The minimum Gasteiger partial charge on any atom is -0.392 e. The molecule has 1 aromatic rings. The van der Waals surface area contributed by atoms with Gasteiger partial charge in [0.1, 0.15) is 17.3 Å². The van der Waals surface area contributed by atoms with Gasteiger partial charge in [0.05, 0.1) is 6.61 Å². The summed E-state index contributed by atoms with van der Waals surface area (Å²) in [5, 5.41) is 8.96. The van der Waals surface area contributed by atoms with E-state index in [1.54, 1.807) is 11.9 Å². The molecule has 1 aromatic carbocycles. The van der Waals surface area contributed by atoms with Crippen LogP contribution >= 0.6 is 0 Å². The van der Waals surface area contributed by atoms with E-state index in [9.17, 15) is 8.78 Å². The number of likely N-dealkylation sites (tertiary alicyclic amines) is 1. The van der Waals surface area contributed by atoms with Crippen LogP contribution in [0.2, 0.25) is 0 Å². The highest BCUT2D eigenvalue weighted by Gasteiger charge is 2.26. The first-order valence-electron chi connectivity index (χ1n) is 7.10. The predicted molar refractivity (Wildman–Crippen MR) is 75.8 cm³/mol. The van der Waals surface area contributed by atoms with Crippen LogP contribution in [0, 0.1) is 11.6 Å². The van der Waals surface area contributed by atoms with Crippen LogP contribution in [0.4, 0.5) is 14.5 Å². The van der Waals surface area contributed by atoms with Gasteiger partial charge in [-0.15, -0.1) is 0 Å². The molecule has 0 amide bonds. The minimum atomic E-state index is -0.613. The Bertz CT molecular complexity index is 444. The maximum absolute atomic E-state index is 14.0. The van der Waals surface area contributed by atoms with Crippen molar-refractivity contribution in [3.8, 4) is 0 Å². The summed E-state index contributed by atoms with van der Waals surface area (Å²) in [6.07, 6.45) is 2.21. The second kappa shape index (κ2) is 6.50. The zero-order valence-electron chi connectivity index (χ0n) is 12.1. The van der Waals surface area contributed by atoms with Gasteiger partial charge >= 0.3 is 0 Å². The van der Waals surface area contributed by atoms with Crippen LogP contribution in [0.5, 0.6) is 0 Å². The van der Waals surface area contributed by atoms with E-state index in [1.807, 2.05) is 0 Å². The van der Waals surface area contributed by atoms with Crippen molar-refractivity contribution in [3.63, 3.8) is 0 Å². The number of benzene rings is 1. The molecule has 112 valence electrons. The molecule has 1 N–H and O–H groups in total. The van der Waals surface area contributed by atoms with Crippen molar-refractivity contribution in [1.29, 1.82) is 0 Å². The summed E-state index contributed by atoms with van der Waals surface area (Å²) in [5.41, 5.74) is 0.248. The Hall–Kier alpha value is -1.20. The number of anilines is 1. The van der Waals surface area contributed by atoms with Crippen molar-refractivity contribution in [2.45, 2.75) is 32.4 Å². The number of aliphatic hydroxyl groups excluding tert-OH is 1. The summed E-state index contributed by atoms with van der Waals surface area (Å²) >= 11 is 0. The average Bonchev–Trinajstić information content (AvgIpc) is 2.84. The normalized spacial score (nSPS) is 19.6. The second-order valence-electron chi connectivity index (χ2n) is 5.37. The standard InChI is InChI=1S/C15H22F2N2O/c1-3-19-6-4-5-12(19)9-18(2)15-13(16)7-11(10-20)8-14(15)17/h7-8,12,20H,3-6,9-10H2,1-2H3. The van der Waals surface area contributed by atoms with E-state index < -0.39 is 11.6 Å². The third-order valence-electron chi connectivity index (χ3n) is 4.03. The van der Waals surface area contributed by atoms with Gasteiger partial charge in [-0.2, -0.15) is 0 Å². The van der Waals surface area contributed by atoms with Crippen molar-refractivity contribution in [3.05, 3.63) is 29.3 Å². The number of hydrogen-bond donors (Lipinski definition) is 1. The third kappa shape index (κ3) is 3.10. The average molecular weight is 284 g/mol. The van der Waals surface area contributed by atoms with E-state index in [0.29, 0.717) is 12.6 Å². The molecule has 2 rings (SSSR count). The Morgan fingerprint density at radius 2 is 2.00 bits per heavy atom. The molecule has 1 heterocycles. The second-order valence-corrected chi connectivity index (χ2v) is 5.37. The van der Waals surface area contributed by atoms with Crippen LogP contribution in [0.25, 0.3) is 0 Å². The van der Waals surface area contributed by atoms with Gasteiger partial charge in [0.15, 0.2) is 0 Å². The Balaban J connectivity index is 2.15. The molecule has 0 aliphatic carbocycles. The SMILES string of the molecule is CCN1CCCC1CN(C)c1c(F)cc(CO)cc1F. The number of nitrogens with zero attached hydrogens (tertiary/aromatic N) is 2. The number of rotatable bonds is 5. The Morgan fingerprint density at radius 1 is 1.35 bits per heavy atom. The Labute approximate surface area is 118 Å². The molecule has 0 saturated carbocycles. The fourth-order valence-electron chi connectivity index (χ4n) is 3.00. The molecule has 0 aromatic heterocycles. The maximum Gasteiger partial charge on any atom is 0.149 e. The van der Waals surface area contributed by atoms with E-state index >= 15 is 0 Å². The first kappa shape index (κ1) is 15.2. The van der Waals surface area contributed by atoms with Gasteiger partial charge < -0.3 is 10.0 Å². The lowest BCUT2D eigenvalue weighted by atomic mass is 10.1. The number of aliphatic hydroxyl groups is 1. The molecule has 0 spiro atoms. The molecule has 20 heavy (non-hydrogen) atoms. The third-order valence-corrected chi connectivity index (χ3v) is 4.03. The number of hydrogen-bond acceptors (Lipinski definition) is 3. The number of halogens is 2. The highest BCUT2D eigenvalue weighted by molar-refractivity contribution is 5.50. The summed E-state index contributed by atoms with van der Waals surface area (Å²) in [6, 6.07) is 2.74. The van der Waals surface area contributed by atoms with Gasteiger partial charge in [-0.05, 0) is 43.6 Å². The molecule has 1 fully saturated rings. The van der Waals surface area contributed by atoms with E-state index in [1.165, 1.54) is 12.1 Å². The van der Waals surface area contributed by atoms with E-state index in [-0.39, 0.29) is 17.9 Å². The van der Waals surface area contributed by atoms with Gasteiger partial charge in [0.25, 0.3) is 0 Å². The van der Waals surface area contributed by atoms with Crippen molar-refractivity contribution in [2.75, 3.05) is 31.6 Å². The first-order chi connectivity index (χ1) is 9.56. The molecule has 1 unspecified atom stereocenters. The molecular formula is C15H22F2N2O. The monoisotopic (exact) mass is 284 g/mol. The van der Waals surface area contributed by atoms with Crippen molar-refractivity contribution in [2.24, 2.45) is 0 Å². The van der Waals surface area contributed by atoms with Gasteiger partial charge in [-0.25, -0.2) is 8.78 Å². The first-order valence-corrected chi connectivity index (χ1v) is 7.10. The molecule has 5 heteroatoms. The fourth-order valence-corrected chi connectivity index (χ4v) is 3.00. The Morgan fingerprint density at radius 3 is 2.55 bits per heavy atom. The lowest BCUT2D eigenvalue weighted by Crippen LogP contribution is -2.39. The lowest BCUT2D eigenvalue weighted by Gasteiger charge is -2.29. The highest BCUT2D eigenvalue weighted by atomic mass is 19.1. The molecule has 1 aliphatic rings. The maximum atomic E-state index is 14.0. The van der Waals surface area contributed by atoms with Gasteiger partial charge in [-0.1, -0.05) is 6.92 Å². The smallest absolute Gasteiger partial charge is 0.149 e. The fraction of sp³-hybridized carbons (Fsp3) is 0.600. The van der Waals surface area contributed by atoms with E-state index in [0.717, 1.165) is 25.9 Å². The molecule has 3 nitrogen and oxygen atoms in total. The van der Waals surface area contributed by atoms with Crippen LogP contribution in [-0.2, 0) is 6.61 Å². The largest absolute Gasteiger partial charge is 0.392 e. The van der Waals surface area contributed by atoms with Crippen molar-refractivity contribution >= 4 is 5.69 Å².